The Kier molecular flexibility index (Phi) is 5.63. The van der Waals surface area contributed by atoms with Crippen LogP contribution in [0, 0.1) is 11.3 Å². The maximum absolute atomic E-state index is 13.0. The van der Waals surface area contributed by atoms with Crippen molar-refractivity contribution in [2.75, 3.05) is 63.7 Å². The summed E-state index contributed by atoms with van der Waals surface area (Å²) in [5.41, 5.74) is -0.823. The Morgan fingerprint density at radius 2 is 2.11 bits per heavy atom. The number of alkyl halides is 3. The standard InChI is InChI=1S/C18H25F3N4OS/c1-23(2)10-17-11-24(15-6-13(4-5-22-15)18(19,20)21)7-14(17)8-25(12-17)16(26)9-27-3/h4-6,14H,7-12H2,1-3H3. The van der Waals surface area contributed by atoms with E-state index in [1.807, 2.05) is 30.2 Å². The average Bonchev–Trinajstić information content (AvgIpc) is 3.07. The largest absolute Gasteiger partial charge is 0.416 e. The van der Waals surface area contributed by atoms with Crippen LogP contribution in [0.1, 0.15) is 5.56 Å². The summed E-state index contributed by atoms with van der Waals surface area (Å²) in [5.74, 6) is 1.18. The highest BCUT2D eigenvalue weighted by Crippen LogP contribution is 2.44. The lowest BCUT2D eigenvalue weighted by Gasteiger charge is -2.32. The first kappa shape index (κ1) is 20.3. The van der Waals surface area contributed by atoms with Gasteiger partial charge < -0.3 is 14.7 Å². The number of thioether (sulfide) groups is 1. The van der Waals surface area contributed by atoms with Crippen LogP contribution in [-0.2, 0) is 11.0 Å². The van der Waals surface area contributed by atoms with Crippen LogP contribution >= 0.6 is 11.8 Å². The molecule has 2 aliphatic heterocycles. The fourth-order valence-electron chi connectivity index (χ4n) is 4.38. The van der Waals surface area contributed by atoms with Gasteiger partial charge in [-0.2, -0.15) is 24.9 Å². The highest BCUT2D eigenvalue weighted by Gasteiger charge is 2.53. The Balaban J connectivity index is 1.82. The Morgan fingerprint density at radius 1 is 1.37 bits per heavy atom. The van der Waals surface area contributed by atoms with Crippen molar-refractivity contribution in [1.82, 2.24) is 14.8 Å². The number of rotatable bonds is 5. The van der Waals surface area contributed by atoms with Gasteiger partial charge in [0.25, 0.3) is 0 Å². The first-order chi connectivity index (χ1) is 12.6. The summed E-state index contributed by atoms with van der Waals surface area (Å²) in [7, 11) is 3.98. The molecular weight excluding hydrogens is 377 g/mol. The van der Waals surface area contributed by atoms with Gasteiger partial charge in [0, 0.05) is 50.3 Å². The molecular formula is C18H25F3N4OS. The molecule has 9 heteroatoms. The quantitative estimate of drug-likeness (QED) is 0.756. The molecule has 1 aromatic rings. The van der Waals surface area contributed by atoms with Gasteiger partial charge in [0.05, 0.1) is 11.3 Å². The van der Waals surface area contributed by atoms with Crippen molar-refractivity contribution in [3.05, 3.63) is 23.9 Å². The summed E-state index contributed by atoms with van der Waals surface area (Å²) in [6.07, 6.45) is -1.25. The first-order valence-electron chi connectivity index (χ1n) is 8.84. The number of amides is 1. The van der Waals surface area contributed by atoms with E-state index in [1.54, 1.807) is 0 Å². The van der Waals surface area contributed by atoms with E-state index in [4.69, 9.17) is 0 Å². The van der Waals surface area contributed by atoms with Gasteiger partial charge in [-0.05, 0) is 32.5 Å². The fraction of sp³-hybridized carbons (Fsp3) is 0.667. The lowest BCUT2D eigenvalue weighted by Crippen LogP contribution is -2.43. The number of likely N-dealkylation sites (tertiary alicyclic amines) is 1. The molecule has 1 aromatic heterocycles. The molecule has 0 aliphatic carbocycles. The summed E-state index contributed by atoms with van der Waals surface area (Å²) < 4.78 is 39.1. The number of anilines is 1. The number of nitrogens with zero attached hydrogens (tertiary/aromatic N) is 4. The third-order valence-corrected chi connectivity index (χ3v) is 5.94. The number of fused-ring (bicyclic) bond motifs is 1. The predicted molar refractivity (Wildman–Crippen MR) is 101 cm³/mol. The second-order valence-corrected chi connectivity index (χ2v) is 8.65. The number of carbonyl (C=O) groups is 1. The fourth-order valence-corrected chi connectivity index (χ4v) is 4.81. The Bertz CT molecular complexity index is 699. The van der Waals surface area contributed by atoms with Crippen LogP contribution in [0.15, 0.2) is 18.3 Å². The first-order valence-corrected chi connectivity index (χ1v) is 10.2. The summed E-state index contributed by atoms with van der Waals surface area (Å²) in [5, 5.41) is 0. The van der Waals surface area contributed by atoms with Gasteiger partial charge in [0.1, 0.15) is 5.82 Å². The SMILES string of the molecule is CSCC(=O)N1CC2CN(c3cc(C(F)(F)F)ccn3)CC2(CN(C)C)C1. The van der Waals surface area contributed by atoms with E-state index in [0.29, 0.717) is 37.7 Å². The molecule has 1 amide bonds. The van der Waals surface area contributed by atoms with Crippen LogP contribution in [0.5, 0.6) is 0 Å². The second-order valence-electron chi connectivity index (χ2n) is 7.79. The second kappa shape index (κ2) is 7.50. The van der Waals surface area contributed by atoms with E-state index < -0.39 is 11.7 Å². The molecule has 0 spiro atoms. The lowest BCUT2D eigenvalue weighted by molar-refractivity contribution is -0.137. The van der Waals surface area contributed by atoms with Crippen LogP contribution in [0.4, 0.5) is 19.0 Å². The highest BCUT2D eigenvalue weighted by atomic mass is 32.2. The van der Waals surface area contributed by atoms with Crippen molar-refractivity contribution in [2.24, 2.45) is 11.3 Å². The molecule has 0 bridgehead atoms. The van der Waals surface area contributed by atoms with Crippen LogP contribution in [0.25, 0.3) is 0 Å². The van der Waals surface area contributed by atoms with Crippen LogP contribution < -0.4 is 4.90 Å². The lowest BCUT2D eigenvalue weighted by atomic mass is 9.80. The van der Waals surface area contributed by atoms with Gasteiger partial charge in [-0.3, -0.25) is 4.79 Å². The predicted octanol–water partition coefficient (Wildman–Crippen LogP) is 2.29. The van der Waals surface area contributed by atoms with Gasteiger partial charge >= 0.3 is 6.18 Å². The van der Waals surface area contributed by atoms with Crippen molar-refractivity contribution in [2.45, 2.75) is 6.18 Å². The summed E-state index contributed by atoms with van der Waals surface area (Å²) in [6.45, 7) is 3.31. The molecule has 2 saturated heterocycles. The zero-order chi connectivity index (χ0) is 19.8. The van der Waals surface area contributed by atoms with Gasteiger partial charge in [-0.1, -0.05) is 0 Å². The van der Waals surface area contributed by atoms with Crippen molar-refractivity contribution in [3.63, 3.8) is 0 Å². The Morgan fingerprint density at radius 3 is 2.74 bits per heavy atom. The minimum atomic E-state index is -4.38. The summed E-state index contributed by atoms with van der Waals surface area (Å²) >= 11 is 1.51. The van der Waals surface area contributed by atoms with Crippen molar-refractivity contribution in [1.29, 1.82) is 0 Å². The number of hydrogen-bond acceptors (Lipinski definition) is 5. The number of pyridine rings is 1. The molecule has 3 rings (SSSR count). The number of carbonyl (C=O) groups excluding carboxylic acids is 1. The van der Waals surface area contributed by atoms with E-state index in [9.17, 15) is 18.0 Å². The van der Waals surface area contributed by atoms with Crippen LogP contribution in [-0.4, -0.2) is 79.5 Å². The summed E-state index contributed by atoms with van der Waals surface area (Å²) in [4.78, 5) is 22.5. The third kappa shape index (κ3) is 4.18. The van der Waals surface area contributed by atoms with Gasteiger partial charge in [-0.25, -0.2) is 4.98 Å². The number of aromatic nitrogens is 1. The van der Waals surface area contributed by atoms with Gasteiger partial charge in [0.15, 0.2) is 0 Å². The van der Waals surface area contributed by atoms with Gasteiger partial charge in [-0.15, -0.1) is 0 Å². The van der Waals surface area contributed by atoms with Crippen molar-refractivity contribution in [3.8, 4) is 0 Å². The molecule has 0 saturated carbocycles. The molecule has 3 heterocycles. The van der Waals surface area contributed by atoms with Crippen LogP contribution in [0.2, 0.25) is 0 Å². The maximum Gasteiger partial charge on any atom is 0.416 e. The van der Waals surface area contributed by atoms with E-state index in [2.05, 4.69) is 9.88 Å². The molecule has 2 atom stereocenters. The molecule has 2 unspecified atom stereocenters. The van der Waals surface area contributed by atoms with E-state index in [0.717, 1.165) is 18.7 Å². The maximum atomic E-state index is 13.0. The minimum Gasteiger partial charge on any atom is -0.356 e. The average molecular weight is 402 g/mol. The molecule has 27 heavy (non-hydrogen) atoms. The minimum absolute atomic E-state index is 0.138. The Hall–Kier alpha value is -1.48. The molecule has 2 fully saturated rings. The third-order valence-electron chi connectivity index (χ3n) is 5.41. The molecule has 0 aromatic carbocycles. The van der Waals surface area contributed by atoms with Crippen molar-refractivity contribution >= 4 is 23.5 Å². The summed E-state index contributed by atoms with van der Waals surface area (Å²) in [6, 6.07) is 2.12. The molecule has 150 valence electrons. The number of hydrogen-bond donors (Lipinski definition) is 0. The van der Waals surface area contributed by atoms with Gasteiger partial charge in [0.2, 0.25) is 5.91 Å². The van der Waals surface area contributed by atoms with E-state index in [-0.39, 0.29) is 17.2 Å². The molecule has 0 N–H and O–H groups in total. The normalized spacial score (nSPS) is 25.4. The smallest absolute Gasteiger partial charge is 0.356 e. The molecule has 2 aliphatic rings. The van der Waals surface area contributed by atoms with E-state index >= 15 is 0 Å². The molecule has 5 nitrogen and oxygen atoms in total. The monoisotopic (exact) mass is 402 g/mol. The van der Waals surface area contributed by atoms with Crippen LogP contribution in [0.3, 0.4) is 0 Å². The van der Waals surface area contributed by atoms with Crippen molar-refractivity contribution < 1.29 is 18.0 Å². The highest BCUT2D eigenvalue weighted by molar-refractivity contribution is 7.99. The zero-order valence-electron chi connectivity index (χ0n) is 15.8. The molecule has 0 radical (unpaired) electrons. The number of halogens is 3. The zero-order valence-corrected chi connectivity index (χ0v) is 16.6. The van der Waals surface area contributed by atoms with E-state index in [1.165, 1.54) is 18.0 Å². The topological polar surface area (TPSA) is 39.7 Å². The Labute approximate surface area is 161 Å².